The van der Waals surface area contributed by atoms with Crippen molar-refractivity contribution in [2.45, 2.75) is 38.4 Å². The van der Waals surface area contributed by atoms with Gasteiger partial charge in [0.05, 0.1) is 16.3 Å². The number of rotatable bonds is 5. The van der Waals surface area contributed by atoms with Gasteiger partial charge in [0.15, 0.2) is 15.8 Å². The third kappa shape index (κ3) is 5.95. The van der Waals surface area contributed by atoms with Gasteiger partial charge in [-0.15, -0.1) is 24.0 Å². The molecule has 0 bridgehead atoms. The summed E-state index contributed by atoms with van der Waals surface area (Å²) in [5.41, 5.74) is -0.231. The molecule has 1 N–H and O–H groups in total. The topological polar surface area (TPSA) is 95.9 Å². The van der Waals surface area contributed by atoms with Crippen molar-refractivity contribution in [3.05, 3.63) is 0 Å². The summed E-state index contributed by atoms with van der Waals surface area (Å²) in [6.45, 7) is 7.39. The molecule has 2 fully saturated rings. The van der Waals surface area contributed by atoms with E-state index in [1.165, 1.54) is 6.26 Å². The molecule has 25 heavy (non-hydrogen) atoms. The van der Waals surface area contributed by atoms with Crippen LogP contribution >= 0.6 is 24.0 Å². The third-order valence-electron chi connectivity index (χ3n) is 4.77. The molecule has 10 heteroatoms. The Balaban J connectivity index is 0.00000312. The summed E-state index contributed by atoms with van der Waals surface area (Å²) in [7, 11) is -6.12. The van der Waals surface area contributed by atoms with Crippen LogP contribution in [0.4, 0.5) is 0 Å². The number of halogens is 1. The molecule has 2 aliphatic rings. The SMILES string of the molecule is CCNC(=NCC1(CS(C)(=O)=O)CC1)N1CCS(=O)(=O)C(C)(C)C1.I. The molecule has 0 aromatic rings. The lowest BCUT2D eigenvalue weighted by Crippen LogP contribution is -2.57. The maximum atomic E-state index is 12.2. The van der Waals surface area contributed by atoms with Gasteiger partial charge in [-0.25, -0.2) is 16.8 Å². The van der Waals surface area contributed by atoms with Crippen LogP contribution in [0.3, 0.4) is 0 Å². The molecule has 0 aromatic heterocycles. The second-order valence-corrected chi connectivity index (χ2v) is 12.6. The number of sulfone groups is 2. The lowest BCUT2D eigenvalue weighted by atomic mass is 10.1. The van der Waals surface area contributed by atoms with Crippen LogP contribution in [0.25, 0.3) is 0 Å². The van der Waals surface area contributed by atoms with Crippen molar-refractivity contribution >= 4 is 49.6 Å². The monoisotopic (exact) mass is 507 g/mol. The largest absolute Gasteiger partial charge is 0.357 e. The van der Waals surface area contributed by atoms with Crippen LogP contribution in [-0.2, 0) is 19.7 Å². The highest BCUT2D eigenvalue weighted by molar-refractivity contribution is 14.0. The molecule has 0 radical (unpaired) electrons. The minimum Gasteiger partial charge on any atom is -0.357 e. The smallest absolute Gasteiger partial charge is 0.194 e. The van der Waals surface area contributed by atoms with E-state index < -0.39 is 24.4 Å². The minimum atomic E-state index is -3.10. The van der Waals surface area contributed by atoms with Gasteiger partial charge in [0.2, 0.25) is 0 Å². The van der Waals surface area contributed by atoms with Gasteiger partial charge in [0, 0.05) is 37.8 Å². The Morgan fingerprint density at radius 1 is 1.28 bits per heavy atom. The van der Waals surface area contributed by atoms with Gasteiger partial charge in [0.25, 0.3) is 0 Å². The Bertz CT molecular complexity index is 713. The molecule has 0 atom stereocenters. The fourth-order valence-electron chi connectivity index (χ4n) is 3.07. The predicted molar refractivity (Wildman–Crippen MR) is 112 cm³/mol. The summed E-state index contributed by atoms with van der Waals surface area (Å²) in [5, 5.41) is 3.21. The zero-order valence-electron chi connectivity index (χ0n) is 15.4. The molecule has 2 rings (SSSR count). The van der Waals surface area contributed by atoms with Crippen molar-refractivity contribution in [3.8, 4) is 0 Å². The van der Waals surface area contributed by atoms with E-state index in [-0.39, 0.29) is 40.9 Å². The highest BCUT2D eigenvalue weighted by Gasteiger charge is 2.46. The number of hydrogen-bond acceptors (Lipinski definition) is 5. The van der Waals surface area contributed by atoms with Crippen molar-refractivity contribution in [1.29, 1.82) is 0 Å². The molecule has 1 heterocycles. The van der Waals surface area contributed by atoms with Gasteiger partial charge in [-0.2, -0.15) is 0 Å². The Morgan fingerprint density at radius 3 is 2.32 bits per heavy atom. The molecule has 0 amide bonds. The predicted octanol–water partition coefficient (Wildman–Crippen LogP) is 0.904. The van der Waals surface area contributed by atoms with E-state index in [9.17, 15) is 16.8 Å². The van der Waals surface area contributed by atoms with Crippen LogP contribution in [0.1, 0.15) is 33.6 Å². The molecule has 0 aromatic carbocycles. The number of nitrogens with one attached hydrogen (secondary N) is 1. The first kappa shape index (κ1) is 22.9. The van der Waals surface area contributed by atoms with Crippen LogP contribution < -0.4 is 5.32 Å². The van der Waals surface area contributed by atoms with Gasteiger partial charge in [-0.05, 0) is 33.6 Å². The molecule has 1 aliphatic carbocycles. The van der Waals surface area contributed by atoms with Crippen molar-refractivity contribution < 1.29 is 16.8 Å². The van der Waals surface area contributed by atoms with Gasteiger partial charge in [-0.1, -0.05) is 0 Å². The Labute approximate surface area is 168 Å². The van der Waals surface area contributed by atoms with Gasteiger partial charge < -0.3 is 10.2 Å². The molecule has 1 saturated heterocycles. The van der Waals surface area contributed by atoms with E-state index in [1.807, 2.05) is 11.8 Å². The number of nitrogens with zero attached hydrogens (tertiary/aromatic N) is 2. The first-order chi connectivity index (χ1) is 10.9. The molecule has 148 valence electrons. The Hall–Kier alpha value is -0.100. The molecule has 1 saturated carbocycles. The maximum Gasteiger partial charge on any atom is 0.194 e. The third-order valence-corrected chi connectivity index (χ3v) is 8.44. The average molecular weight is 507 g/mol. The van der Waals surface area contributed by atoms with Crippen LogP contribution in [0, 0.1) is 5.41 Å². The number of guanidine groups is 1. The zero-order valence-corrected chi connectivity index (χ0v) is 19.4. The first-order valence-corrected chi connectivity index (χ1v) is 12.0. The van der Waals surface area contributed by atoms with Crippen LogP contribution in [-0.4, -0.2) is 76.4 Å². The summed E-state index contributed by atoms with van der Waals surface area (Å²) in [6, 6.07) is 0. The fraction of sp³-hybridized carbons (Fsp3) is 0.933. The van der Waals surface area contributed by atoms with Crippen molar-refractivity contribution in [1.82, 2.24) is 10.2 Å². The molecular formula is C15H30IN3O4S2. The summed E-state index contributed by atoms with van der Waals surface area (Å²) in [4.78, 5) is 6.61. The fourth-order valence-corrected chi connectivity index (χ4v) is 5.93. The Kier molecular flexibility index (Phi) is 7.22. The van der Waals surface area contributed by atoms with Crippen molar-refractivity contribution in [2.24, 2.45) is 10.4 Å². The van der Waals surface area contributed by atoms with E-state index in [2.05, 4.69) is 10.3 Å². The standard InChI is InChI=1S/C15H29N3O4S2.HI/c1-5-16-13(17-10-15(6-7-15)12-23(4,19)20)18-8-9-24(21,22)14(2,3)11-18;/h5-12H2,1-4H3,(H,16,17);1H. The normalized spacial score (nSPS) is 24.3. The van der Waals surface area contributed by atoms with Crippen LogP contribution in [0.2, 0.25) is 0 Å². The maximum absolute atomic E-state index is 12.2. The Morgan fingerprint density at radius 2 is 1.88 bits per heavy atom. The quantitative estimate of drug-likeness (QED) is 0.338. The highest BCUT2D eigenvalue weighted by Crippen LogP contribution is 2.47. The van der Waals surface area contributed by atoms with E-state index >= 15 is 0 Å². The van der Waals surface area contributed by atoms with Gasteiger partial charge >= 0.3 is 0 Å². The van der Waals surface area contributed by atoms with Gasteiger partial charge in [0.1, 0.15) is 9.84 Å². The van der Waals surface area contributed by atoms with E-state index in [4.69, 9.17) is 0 Å². The molecule has 0 spiro atoms. The number of aliphatic imine (C=N–C) groups is 1. The summed E-state index contributed by atoms with van der Waals surface area (Å²) < 4.78 is 46.7. The lowest BCUT2D eigenvalue weighted by molar-refractivity contribution is 0.352. The van der Waals surface area contributed by atoms with Gasteiger partial charge in [-0.3, -0.25) is 4.99 Å². The second-order valence-electron chi connectivity index (χ2n) is 7.74. The van der Waals surface area contributed by atoms with Crippen molar-refractivity contribution in [2.75, 3.05) is 43.9 Å². The average Bonchev–Trinajstić information content (AvgIpc) is 3.16. The molecule has 1 aliphatic heterocycles. The molecular weight excluding hydrogens is 477 g/mol. The van der Waals surface area contributed by atoms with Crippen LogP contribution in [0.15, 0.2) is 4.99 Å². The van der Waals surface area contributed by atoms with Crippen LogP contribution in [0.5, 0.6) is 0 Å². The first-order valence-electron chi connectivity index (χ1n) is 8.33. The summed E-state index contributed by atoms with van der Waals surface area (Å²) >= 11 is 0. The lowest BCUT2D eigenvalue weighted by Gasteiger charge is -2.39. The van der Waals surface area contributed by atoms with E-state index in [1.54, 1.807) is 13.8 Å². The van der Waals surface area contributed by atoms with E-state index in [0.29, 0.717) is 32.1 Å². The minimum absolute atomic E-state index is 0. The second kappa shape index (κ2) is 7.87. The number of hydrogen-bond donors (Lipinski definition) is 1. The zero-order chi connectivity index (χ0) is 18.2. The molecule has 0 unspecified atom stereocenters. The summed E-state index contributed by atoms with van der Waals surface area (Å²) in [5.74, 6) is 0.960. The summed E-state index contributed by atoms with van der Waals surface area (Å²) in [6.07, 6.45) is 3.02. The highest BCUT2D eigenvalue weighted by atomic mass is 127. The van der Waals surface area contributed by atoms with Crippen molar-refractivity contribution in [3.63, 3.8) is 0 Å². The van der Waals surface area contributed by atoms with E-state index in [0.717, 1.165) is 12.8 Å². The molecule has 7 nitrogen and oxygen atoms in total.